The fourth-order valence-corrected chi connectivity index (χ4v) is 5.93. The summed E-state index contributed by atoms with van der Waals surface area (Å²) in [6.07, 6.45) is 9.78. The van der Waals surface area contributed by atoms with Crippen LogP contribution in [0.1, 0.15) is 103 Å². The van der Waals surface area contributed by atoms with Crippen LogP contribution in [0.5, 0.6) is 0 Å². The molecule has 0 aliphatic carbocycles. The minimum Gasteiger partial charge on any atom is -0.456 e. The van der Waals surface area contributed by atoms with Gasteiger partial charge in [-0.1, -0.05) is 82.1 Å². The van der Waals surface area contributed by atoms with Crippen LogP contribution < -0.4 is 0 Å². The molecule has 2 rings (SSSR count). The number of aliphatic hydroxyl groups excluding tert-OH is 5. The molecule has 0 saturated carbocycles. The number of ether oxygens (including phenoxy) is 1. The highest BCUT2D eigenvalue weighted by Crippen LogP contribution is 2.28. The molecule has 5 N–H and O–H groups in total. The molecule has 8 atom stereocenters. The van der Waals surface area contributed by atoms with Crippen molar-refractivity contribution in [1.82, 2.24) is 4.98 Å². The van der Waals surface area contributed by atoms with E-state index in [1.54, 1.807) is 44.2 Å². The maximum Gasteiger partial charge on any atom is 0.334 e. The second-order valence-electron chi connectivity index (χ2n) is 11.9. The van der Waals surface area contributed by atoms with Crippen LogP contribution in [0.3, 0.4) is 0 Å². The molecule has 246 valence electrons. The molecule has 1 aliphatic heterocycles. The number of unbranched alkanes of at least 4 members (excludes halogenated alkanes) is 3. The first-order valence-corrected chi connectivity index (χ1v) is 16.7. The highest BCUT2D eigenvalue weighted by atomic mass is 32.1. The molecule has 1 aromatic rings. The van der Waals surface area contributed by atoms with Gasteiger partial charge < -0.3 is 30.3 Å². The van der Waals surface area contributed by atoms with Gasteiger partial charge in [0.15, 0.2) is 0 Å². The molecular weight excluding hydrogens is 578 g/mol. The Morgan fingerprint density at radius 3 is 2.57 bits per heavy atom. The molecule has 1 aliphatic rings. The summed E-state index contributed by atoms with van der Waals surface area (Å²) in [7, 11) is 0. The van der Waals surface area contributed by atoms with Crippen LogP contribution in [0.25, 0.3) is 6.08 Å². The Bertz CT molecular complexity index is 1180. The molecule has 0 aromatic carbocycles. The first kappa shape index (κ1) is 37.8. The van der Waals surface area contributed by atoms with Crippen molar-refractivity contribution in [2.75, 3.05) is 0 Å². The Labute approximate surface area is 267 Å². The van der Waals surface area contributed by atoms with Crippen LogP contribution >= 0.6 is 11.3 Å². The van der Waals surface area contributed by atoms with Crippen LogP contribution in [0.2, 0.25) is 0 Å². The fourth-order valence-electron chi connectivity index (χ4n) is 5.04. The van der Waals surface area contributed by atoms with Crippen molar-refractivity contribution >= 4 is 23.4 Å². The molecular formula is C35H53NO7S. The number of rotatable bonds is 11. The van der Waals surface area contributed by atoms with Gasteiger partial charge in [-0.25, -0.2) is 9.78 Å². The van der Waals surface area contributed by atoms with Crippen molar-refractivity contribution in [2.24, 2.45) is 5.92 Å². The topological polar surface area (TPSA) is 140 Å². The minimum absolute atomic E-state index is 0.0866. The molecule has 1 aromatic heterocycles. The normalized spacial score (nSPS) is 28.2. The Hall–Kier alpha value is -2.40. The number of thiazole rings is 1. The van der Waals surface area contributed by atoms with Crippen molar-refractivity contribution < 1.29 is 35.1 Å². The smallest absolute Gasteiger partial charge is 0.334 e. The Morgan fingerprint density at radius 2 is 1.89 bits per heavy atom. The van der Waals surface area contributed by atoms with E-state index in [2.05, 4.69) is 11.9 Å². The number of fused-ring (bicyclic) bond motifs is 2. The maximum absolute atomic E-state index is 13.6. The third-order valence-corrected chi connectivity index (χ3v) is 9.29. The fraction of sp³-hybridized carbons (Fsp3) is 0.600. The van der Waals surface area contributed by atoms with Gasteiger partial charge in [0.1, 0.15) is 12.2 Å². The quantitative estimate of drug-likeness (QED) is 0.118. The van der Waals surface area contributed by atoms with Gasteiger partial charge in [-0.2, -0.15) is 0 Å². The van der Waals surface area contributed by atoms with Crippen molar-refractivity contribution in [3.8, 4) is 0 Å². The predicted molar refractivity (Wildman–Crippen MR) is 177 cm³/mol. The lowest BCUT2D eigenvalue weighted by Crippen LogP contribution is -2.46. The van der Waals surface area contributed by atoms with E-state index in [1.165, 1.54) is 11.3 Å². The number of carbonyl (C=O) groups is 1. The number of allylic oxidation sites excluding steroid dienone is 5. The van der Waals surface area contributed by atoms with Crippen molar-refractivity contribution in [3.05, 3.63) is 69.3 Å². The molecule has 9 heteroatoms. The van der Waals surface area contributed by atoms with E-state index in [9.17, 15) is 30.3 Å². The number of hydrogen-bond donors (Lipinski definition) is 5. The highest BCUT2D eigenvalue weighted by molar-refractivity contribution is 7.09. The number of esters is 1. The van der Waals surface area contributed by atoms with Crippen molar-refractivity contribution in [2.45, 2.75) is 129 Å². The molecule has 0 amide bonds. The summed E-state index contributed by atoms with van der Waals surface area (Å²) in [5, 5.41) is 57.0. The zero-order valence-electron chi connectivity index (χ0n) is 27.1. The van der Waals surface area contributed by atoms with E-state index in [-0.39, 0.29) is 18.8 Å². The average molecular weight is 632 g/mol. The molecule has 0 radical (unpaired) electrons. The number of hydrogen-bond acceptors (Lipinski definition) is 9. The number of aromatic nitrogens is 1. The third-order valence-electron chi connectivity index (χ3n) is 8.23. The van der Waals surface area contributed by atoms with E-state index < -0.39 is 48.5 Å². The zero-order chi connectivity index (χ0) is 32.8. The number of cyclic esters (lactones) is 1. The summed E-state index contributed by atoms with van der Waals surface area (Å²) in [4.78, 5) is 18.3. The Morgan fingerprint density at radius 1 is 1.16 bits per heavy atom. The summed E-state index contributed by atoms with van der Waals surface area (Å²) in [6.45, 7) is 11.2. The average Bonchev–Trinajstić information content (AvgIpc) is 3.47. The van der Waals surface area contributed by atoms with Gasteiger partial charge in [0.2, 0.25) is 0 Å². The summed E-state index contributed by atoms with van der Waals surface area (Å²) < 4.78 is 5.90. The predicted octanol–water partition coefficient (Wildman–Crippen LogP) is 5.77. The van der Waals surface area contributed by atoms with Crippen LogP contribution in [-0.2, 0) is 9.53 Å². The summed E-state index contributed by atoms with van der Waals surface area (Å²) >= 11 is 1.38. The Balaban J connectivity index is 2.44. The van der Waals surface area contributed by atoms with E-state index in [1.807, 2.05) is 38.3 Å². The van der Waals surface area contributed by atoms with Gasteiger partial charge in [-0.3, -0.25) is 0 Å². The highest BCUT2D eigenvalue weighted by Gasteiger charge is 2.36. The first-order valence-electron chi connectivity index (χ1n) is 15.8. The summed E-state index contributed by atoms with van der Waals surface area (Å²) in [6, 6.07) is 0. The lowest BCUT2D eigenvalue weighted by Gasteiger charge is -2.32. The second kappa shape index (κ2) is 19.2. The standard InChI is InChI=1S/C35H53NO7S/c1-7-9-10-12-15-26-19-27-21-44-34(36-27)24(5)29(38)20-28(37)16-13-11-14-17-30(43-35(26)42)33(41)32(40)25(6)31(39)23(4)18-22(3)8-2/h8,11,13-14,16,18-19,21,24-25,28-33,37-41H,7,9-10,12,15,17,20H2,1-6H3/b14-11+,16-13+,22-8+,23-18+,26-19+/t24-,25+,28-,29+,30+,31-,32-,33+/m1/s1. The summed E-state index contributed by atoms with van der Waals surface area (Å²) in [5.41, 5.74) is 2.59. The number of carbonyl (C=O) groups excluding carboxylic acids is 1. The molecule has 0 unspecified atom stereocenters. The SMILES string of the molecule is C/C=C(C)/C=C(\C)[C@@H](O)[C@H](C)[C@@H](O)[C@@H](O)[C@@H]1C/C=C/C=C/[C@@H](O)C[C@H](O)[C@@H](C)c2nc(cs2)/C=C(\CCCCCC)C(=O)O1. The third kappa shape index (κ3) is 11.8. The first-order chi connectivity index (χ1) is 20.9. The van der Waals surface area contributed by atoms with E-state index >= 15 is 0 Å². The van der Waals surface area contributed by atoms with Gasteiger partial charge in [-0.15, -0.1) is 11.3 Å². The lowest BCUT2D eigenvalue weighted by molar-refractivity contribution is -0.158. The van der Waals surface area contributed by atoms with E-state index in [4.69, 9.17) is 4.74 Å². The second-order valence-corrected chi connectivity index (χ2v) is 12.8. The molecule has 2 bridgehead atoms. The van der Waals surface area contributed by atoms with E-state index in [0.29, 0.717) is 28.3 Å². The molecule has 8 nitrogen and oxygen atoms in total. The molecule has 44 heavy (non-hydrogen) atoms. The lowest BCUT2D eigenvalue weighted by atomic mass is 9.87. The molecule has 0 spiro atoms. The van der Waals surface area contributed by atoms with Crippen LogP contribution in [0.15, 0.2) is 58.6 Å². The number of aliphatic hydroxyl groups is 5. The van der Waals surface area contributed by atoms with Crippen LogP contribution in [0, 0.1) is 5.92 Å². The van der Waals surface area contributed by atoms with Gasteiger partial charge in [-0.05, 0) is 45.3 Å². The molecule has 2 heterocycles. The van der Waals surface area contributed by atoms with Gasteiger partial charge in [0.25, 0.3) is 0 Å². The van der Waals surface area contributed by atoms with Crippen molar-refractivity contribution in [1.29, 1.82) is 0 Å². The zero-order valence-corrected chi connectivity index (χ0v) is 27.9. The van der Waals surface area contributed by atoms with Crippen molar-refractivity contribution in [3.63, 3.8) is 0 Å². The van der Waals surface area contributed by atoms with Gasteiger partial charge >= 0.3 is 5.97 Å². The van der Waals surface area contributed by atoms with Crippen LogP contribution in [-0.4, -0.2) is 73.1 Å². The van der Waals surface area contributed by atoms with Crippen LogP contribution in [0.4, 0.5) is 0 Å². The van der Waals surface area contributed by atoms with Gasteiger partial charge in [0.05, 0.1) is 35.1 Å². The molecule has 0 saturated heterocycles. The number of nitrogens with zero attached hydrogens (tertiary/aromatic N) is 1. The summed E-state index contributed by atoms with van der Waals surface area (Å²) in [5.74, 6) is -1.66. The molecule has 0 fully saturated rings. The monoisotopic (exact) mass is 631 g/mol. The minimum atomic E-state index is -1.48. The van der Waals surface area contributed by atoms with Gasteiger partial charge in [0, 0.05) is 35.6 Å². The van der Waals surface area contributed by atoms with E-state index in [0.717, 1.165) is 31.3 Å². The Kier molecular flexibility index (Phi) is 16.5. The maximum atomic E-state index is 13.6. The largest absolute Gasteiger partial charge is 0.456 e.